The molecule has 5 rings (SSSR count). The molecule has 158 valence electrons. The highest BCUT2D eigenvalue weighted by atomic mass is 32.2. The summed E-state index contributed by atoms with van der Waals surface area (Å²) in [5.41, 5.74) is 0.662. The molecule has 2 fully saturated rings. The van der Waals surface area contributed by atoms with Crippen LogP contribution in [0.5, 0.6) is 0 Å². The van der Waals surface area contributed by atoms with Gasteiger partial charge in [0.25, 0.3) is 0 Å². The Labute approximate surface area is 179 Å². The Morgan fingerprint density at radius 1 is 1.17 bits per heavy atom. The van der Waals surface area contributed by atoms with E-state index in [9.17, 15) is 14.4 Å². The molecule has 7 nitrogen and oxygen atoms in total. The maximum Gasteiger partial charge on any atom is 0.410 e. The Balaban J connectivity index is 1.28. The van der Waals surface area contributed by atoms with Gasteiger partial charge in [-0.3, -0.25) is 9.59 Å². The van der Waals surface area contributed by atoms with E-state index in [0.717, 1.165) is 25.9 Å². The topological polar surface area (TPSA) is 89.5 Å². The van der Waals surface area contributed by atoms with E-state index in [1.165, 1.54) is 11.8 Å². The van der Waals surface area contributed by atoms with Gasteiger partial charge in [0.2, 0.25) is 11.6 Å². The first-order valence-corrected chi connectivity index (χ1v) is 11.6. The quantitative estimate of drug-likeness (QED) is 0.682. The number of amides is 1. The highest BCUT2D eigenvalue weighted by molar-refractivity contribution is 8.04. The second-order valence-electron chi connectivity index (χ2n) is 8.38. The van der Waals surface area contributed by atoms with E-state index in [4.69, 9.17) is 9.47 Å². The van der Waals surface area contributed by atoms with Gasteiger partial charge < -0.3 is 19.7 Å². The zero-order valence-electron chi connectivity index (χ0n) is 16.7. The minimum atomic E-state index is -0.478. The van der Waals surface area contributed by atoms with Crippen LogP contribution in [-0.2, 0) is 14.3 Å². The van der Waals surface area contributed by atoms with Crippen molar-refractivity contribution in [3.63, 3.8) is 0 Å². The molecule has 1 unspecified atom stereocenters. The highest BCUT2D eigenvalue weighted by Crippen LogP contribution is 2.47. The number of hydrogen-bond acceptors (Lipinski definition) is 6. The van der Waals surface area contributed by atoms with Gasteiger partial charge in [-0.1, -0.05) is 24.3 Å². The van der Waals surface area contributed by atoms with Gasteiger partial charge in [-0.2, -0.15) is 0 Å². The van der Waals surface area contributed by atoms with Gasteiger partial charge in [0, 0.05) is 49.2 Å². The van der Waals surface area contributed by atoms with E-state index >= 15 is 0 Å². The van der Waals surface area contributed by atoms with Crippen molar-refractivity contribution in [3.8, 4) is 0 Å². The van der Waals surface area contributed by atoms with E-state index in [0.29, 0.717) is 53.5 Å². The largest absolute Gasteiger partial charge is 0.484 e. The molecule has 0 bridgehead atoms. The SMILES string of the molecule is O=C1C(=O)c2ccccc2C2=C1SCC1(CCN(C(=O)OC3CCC[NH2+]C3)CC1)O2. The predicted molar refractivity (Wildman–Crippen MR) is 111 cm³/mol. The van der Waals surface area contributed by atoms with E-state index in [1.54, 1.807) is 17.0 Å². The fourth-order valence-electron chi connectivity index (χ4n) is 4.59. The molecule has 4 aliphatic rings. The predicted octanol–water partition coefficient (Wildman–Crippen LogP) is 1.58. The number of carbonyl (C=O) groups excluding carboxylic acids is 3. The molecule has 1 spiro atoms. The number of Topliss-reactive ketones (excluding diaryl/α,β-unsaturated/α-hetero) is 2. The molecule has 3 aliphatic heterocycles. The standard InChI is InChI=1S/C22H24N2O5S/c25-17-15-5-1-2-6-16(15)19-20(18(17)26)30-13-22(29-19)7-10-24(11-8-22)21(27)28-14-4-3-9-23-12-14/h1-2,5-6,14,23H,3-4,7-13H2/p+1. The third-order valence-electron chi connectivity index (χ3n) is 6.40. The molecular formula is C22H25N2O5S+. The molecule has 3 heterocycles. The summed E-state index contributed by atoms with van der Waals surface area (Å²) in [6.07, 6.45) is 3.12. The zero-order chi connectivity index (χ0) is 20.7. The fourth-order valence-corrected chi connectivity index (χ4v) is 5.85. The maximum atomic E-state index is 12.6. The summed E-state index contributed by atoms with van der Waals surface area (Å²) in [6.45, 7) is 3.07. The van der Waals surface area contributed by atoms with Crippen LogP contribution in [0.15, 0.2) is 29.2 Å². The molecule has 1 aromatic rings. The van der Waals surface area contributed by atoms with Gasteiger partial charge in [-0.25, -0.2) is 4.79 Å². The minimum absolute atomic E-state index is 0.00127. The summed E-state index contributed by atoms with van der Waals surface area (Å²) in [6, 6.07) is 7.12. The number of benzene rings is 1. The summed E-state index contributed by atoms with van der Waals surface area (Å²) in [5, 5.41) is 2.19. The minimum Gasteiger partial charge on any atom is -0.484 e. The van der Waals surface area contributed by atoms with Crippen LogP contribution < -0.4 is 5.32 Å². The second kappa shape index (κ2) is 7.74. The van der Waals surface area contributed by atoms with Crippen LogP contribution in [0.1, 0.15) is 41.6 Å². The van der Waals surface area contributed by atoms with Crippen molar-refractivity contribution >= 4 is 35.2 Å². The third-order valence-corrected chi connectivity index (χ3v) is 7.73. The molecule has 30 heavy (non-hydrogen) atoms. The molecule has 8 heteroatoms. The molecule has 1 atom stereocenters. The van der Waals surface area contributed by atoms with Crippen molar-refractivity contribution in [3.05, 3.63) is 40.3 Å². The Bertz CT molecular complexity index is 929. The average Bonchev–Trinajstić information content (AvgIpc) is 2.78. The molecular weight excluding hydrogens is 404 g/mol. The summed E-state index contributed by atoms with van der Waals surface area (Å²) in [7, 11) is 0. The van der Waals surface area contributed by atoms with Crippen molar-refractivity contribution in [1.82, 2.24) is 4.90 Å². The number of carbonyl (C=O) groups is 3. The number of nitrogens with zero attached hydrogens (tertiary/aromatic N) is 1. The molecule has 0 aromatic heterocycles. The van der Waals surface area contributed by atoms with Crippen LogP contribution >= 0.6 is 11.8 Å². The second-order valence-corrected chi connectivity index (χ2v) is 9.37. The number of piperidine rings is 2. The molecule has 1 aromatic carbocycles. The summed E-state index contributed by atoms with van der Waals surface area (Å²) < 4.78 is 12.1. The van der Waals surface area contributed by atoms with Gasteiger partial charge in [0.15, 0.2) is 6.10 Å². The lowest BCUT2D eigenvalue weighted by Crippen LogP contribution is -2.88. The lowest BCUT2D eigenvalue weighted by atomic mass is 9.90. The number of quaternary nitrogens is 1. The number of hydrogen-bond donors (Lipinski definition) is 1. The van der Waals surface area contributed by atoms with Crippen LogP contribution in [-0.4, -0.2) is 66.2 Å². The molecule has 1 amide bonds. The number of nitrogens with two attached hydrogens (primary N) is 1. The Morgan fingerprint density at radius 2 is 1.93 bits per heavy atom. The first-order valence-electron chi connectivity index (χ1n) is 10.6. The summed E-state index contributed by atoms with van der Waals surface area (Å²) >= 11 is 1.41. The Kier molecular flexibility index (Phi) is 5.06. The summed E-state index contributed by atoms with van der Waals surface area (Å²) in [4.78, 5) is 39.7. The Hall–Kier alpha value is -2.32. The first kappa shape index (κ1) is 19.6. The summed E-state index contributed by atoms with van der Waals surface area (Å²) in [5.74, 6) is 0.191. The normalized spacial score (nSPS) is 25.5. The van der Waals surface area contributed by atoms with Crippen molar-refractivity contribution in [2.45, 2.75) is 37.4 Å². The zero-order valence-corrected chi connectivity index (χ0v) is 17.5. The number of allylic oxidation sites excluding steroid dienone is 1. The molecule has 2 saturated heterocycles. The molecule has 0 saturated carbocycles. The van der Waals surface area contributed by atoms with Crippen LogP contribution in [0.3, 0.4) is 0 Å². The van der Waals surface area contributed by atoms with Gasteiger partial charge in [0.1, 0.15) is 22.8 Å². The van der Waals surface area contributed by atoms with E-state index in [-0.39, 0.29) is 12.2 Å². The number of thioether (sulfide) groups is 1. The van der Waals surface area contributed by atoms with Gasteiger partial charge in [-0.05, 0) is 6.42 Å². The van der Waals surface area contributed by atoms with Crippen LogP contribution in [0.2, 0.25) is 0 Å². The Morgan fingerprint density at radius 3 is 2.67 bits per heavy atom. The van der Waals surface area contributed by atoms with E-state index < -0.39 is 17.2 Å². The lowest BCUT2D eigenvalue weighted by Gasteiger charge is -2.45. The molecule has 0 radical (unpaired) electrons. The van der Waals surface area contributed by atoms with E-state index in [2.05, 4.69) is 5.32 Å². The fraction of sp³-hybridized carbons (Fsp3) is 0.500. The number of ketones is 2. The van der Waals surface area contributed by atoms with Crippen LogP contribution in [0, 0.1) is 0 Å². The third kappa shape index (κ3) is 3.41. The number of likely N-dealkylation sites (tertiary alicyclic amines) is 1. The van der Waals surface area contributed by atoms with E-state index in [1.807, 2.05) is 12.1 Å². The van der Waals surface area contributed by atoms with Crippen molar-refractivity contribution in [2.24, 2.45) is 0 Å². The molecule has 1 aliphatic carbocycles. The van der Waals surface area contributed by atoms with Crippen molar-refractivity contribution in [2.75, 3.05) is 31.9 Å². The number of rotatable bonds is 1. The smallest absolute Gasteiger partial charge is 0.410 e. The van der Waals surface area contributed by atoms with Crippen LogP contribution in [0.4, 0.5) is 4.79 Å². The van der Waals surface area contributed by atoms with Crippen molar-refractivity contribution < 1.29 is 29.2 Å². The highest BCUT2D eigenvalue weighted by Gasteiger charge is 2.46. The molecule has 2 N–H and O–H groups in total. The average molecular weight is 430 g/mol. The van der Waals surface area contributed by atoms with Gasteiger partial charge >= 0.3 is 6.09 Å². The lowest BCUT2D eigenvalue weighted by molar-refractivity contribution is -0.669. The van der Waals surface area contributed by atoms with Gasteiger partial charge in [0.05, 0.1) is 6.54 Å². The first-order chi connectivity index (χ1) is 14.6. The monoisotopic (exact) mass is 429 g/mol. The van der Waals surface area contributed by atoms with Gasteiger partial charge in [-0.15, -0.1) is 11.8 Å². The number of fused-ring (bicyclic) bond motifs is 2. The maximum absolute atomic E-state index is 12.6. The van der Waals surface area contributed by atoms with Crippen molar-refractivity contribution in [1.29, 1.82) is 0 Å². The number of ether oxygens (including phenoxy) is 2. The van der Waals surface area contributed by atoms with Crippen LogP contribution in [0.25, 0.3) is 5.76 Å².